The van der Waals surface area contributed by atoms with Crippen molar-refractivity contribution in [1.29, 1.82) is 0 Å². The zero-order chi connectivity index (χ0) is 17.5. The number of benzene rings is 1. The summed E-state index contributed by atoms with van der Waals surface area (Å²) in [7, 11) is 4.30. The molecule has 0 radical (unpaired) electrons. The smallest absolute Gasteiger partial charge is 0.275 e. The van der Waals surface area contributed by atoms with Crippen LogP contribution in [0, 0.1) is 0 Å². The van der Waals surface area contributed by atoms with Crippen LogP contribution in [0.2, 0.25) is 0 Å². The van der Waals surface area contributed by atoms with Gasteiger partial charge in [-0.05, 0) is 12.1 Å². The van der Waals surface area contributed by atoms with E-state index in [-0.39, 0.29) is 18.0 Å². The van der Waals surface area contributed by atoms with E-state index in [9.17, 15) is 9.59 Å². The summed E-state index contributed by atoms with van der Waals surface area (Å²) in [5.74, 6) is -0.410. The zero-order valence-corrected chi connectivity index (χ0v) is 13.7. The van der Waals surface area contributed by atoms with Crippen molar-refractivity contribution in [3.05, 3.63) is 52.4 Å². The Morgan fingerprint density at radius 3 is 2.46 bits per heavy atom. The maximum absolute atomic E-state index is 12.4. The van der Waals surface area contributed by atoms with Gasteiger partial charge in [-0.2, -0.15) is 9.78 Å². The standard InChI is InChI=1S/C16H19N3O5/c1-22-12-9-13(20)19(11-7-5-4-6-8-11)18-15(12)16(21)17-10-14(23-2)24-3/h4-9,14H,10H2,1-3H3,(H,17,21). The van der Waals surface area contributed by atoms with Gasteiger partial charge in [-0.15, -0.1) is 0 Å². The molecule has 0 bridgehead atoms. The van der Waals surface area contributed by atoms with Crippen LogP contribution < -0.4 is 15.6 Å². The maximum atomic E-state index is 12.4. The number of carbonyl (C=O) groups excluding carboxylic acids is 1. The molecular weight excluding hydrogens is 314 g/mol. The van der Waals surface area contributed by atoms with Gasteiger partial charge < -0.3 is 19.5 Å². The van der Waals surface area contributed by atoms with Crippen LogP contribution in [0.4, 0.5) is 0 Å². The predicted octanol–water partition coefficient (Wildman–Crippen LogP) is 0.590. The van der Waals surface area contributed by atoms with Crippen molar-refractivity contribution in [2.75, 3.05) is 27.9 Å². The van der Waals surface area contributed by atoms with Gasteiger partial charge in [0.05, 0.1) is 25.4 Å². The summed E-state index contributed by atoms with van der Waals surface area (Å²) in [5.41, 5.74) is 0.138. The summed E-state index contributed by atoms with van der Waals surface area (Å²) in [6.07, 6.45) is -0.583. The maximum Gasteiger partial charge on any atom is 0.275 e. The molecule has 0 aliphatic rings. The molecule has 128 valence electrons. The Morgan fingerprint density at radius 2 is 1.88 bits per heavy atom. The Kier molecular flexibility index (Phi) is 6.05. The van der Waals surface area contributed by atoms with Crippen LogP contribution in [0.3, 0.4) is 0 Å². The summed E-state index contributed by atoms with van der Waals surface area (Å²) >= 11 is 0. The van der Waals surface area contributed by atoms with Gasteiger partial charge in [-0.25, -0.2) is 0 Å². The average Bonchev–Trinajstić information content (AvgIpc) is 2.62. The first-order chi connectivity index (χ1) is 11.6. The van der Waals surface area contributed by atoms with E-state index >= 15 is 0 Å². The summed E-state index contributed by atoms with van der Waals surface area (Å²) in [6.45, 7) is 0.126. The number of rotatable bonds is 7. The third-order valence-electron chi connectivity index (χ3n) is 3.29. The minimum atomic E-state index is -0.583. The number of ether oxygens (including phenoxy) is 3. The fraction of sp³-hybridized carbons (Fsp3) is 0.312. The van der Waals surface area contributed by atoms with Gasteiger partial charge in [0.25, 0.3) is 11.5 Å². The van der Waals surface area contributed by atoms with E-state index < -0.39 is 17.8 Å². The van der Waals surface area contributed by atoms with E-state index in [0.717, 1.165) is 4.68 Å². The first-order valence-corrected chi connectivity index (χ1v) is 7.18. The number of amides is 1. The second-order valence-electron chi connectivity index (χ2n) is 4.76. The molecule has 8 heteroatoms. The van der Waals surface area contributed by atoms with E-state index in [1.165, 1.54) is 27.4 Å². The topological polar surface area (TPSA) is 91.7 Å². The van der Waals surface area contributed by atoms with Crippen molar-refractivity contribution < 1.29 is 19.0 Å². The number of nitrogens with zero attached hydrogens (tertiary/aromatic N) is 2. The molecule has 1 N–H and O–H groups in total. The molecule has 2 aromatic rings. The molecule has 8 nitrogen and oxygen atoms in total. The lowest BCUT2D eigenvalue weighted by Crippen LogP contribution is -2.36. The third-order valence-corrected chi connectivity index (χ3v) is 3.29. The molecular formula is C16H19N3O5. The molecule has 0 aliphatic heterocycles. The Hall–Kier alpha value is -2.71. The summed E-state index contributed by atoms with van der Waals surface area (Å²) in [4.78, 5) is 24.6. The number of nitrogens with one attached hydrogen (secondary N) is 1. The minimum absolute atomic E-state index is 0.00749. The van der Waals surface area contributed by atoms with Crippen LogP contribution in [0.1, 0.15) is 10.5 Å². The van der Waals surface area contributed by atoms with Crippen molar-refractivity contribution in [2.24, 2.45) is 0 Å². The molecule has 0 atom stereocenters. The fourth-order valence-corrected chi connectivity index (χ4v) is 2.03. The first-order valence-electron chi connectivity index (χ1n) is 7.18. The van der Waals surface area contributed by atoms with Gasteiger partial charge in [0.15, 0.2) is 17.7 Å². The summed E-state index contributed by atoms with van der Waals surface area (Å²) in [5, 5.41) is 6.76. The van der Waals surface area contributed by atoms with Crippen LogP contribution in [-0.4, -0.2) is 49.9 Å². The van der Waals surface area contributed by atoms with Gasteiger partial charge in [0.1, 0.15) is 0 Å². The highest BCUT2D eigenvalue weighted by Gasteiger charge is 2.19. The number of para-hydroxylation sites is 1. The Labute approximate surface area is 139 Å². The van der Waals surface area contributed by atoms with Crippen LogP contribution in [0.25, 0.3) is 5.69 Å². The number of aromatic nitrogens is 2. The number of hydrogen-bond donors (Lipinski definition) is 1. The molecule has 0 saturated carbocycles. The lowest BCUT2D eigenvalue weighted by Gasteiger charge is -2.15. The van der Waals surface area contributed by atoms with Crippen molar-refractivity contribution >= 4 is 5.91 Å². The molecule has 1 amide bonds. The molecule has 0 fully saturated rings. The van der Waals surface area contributed by atoms with Crippen molar-refractivity contribution in [3.63, 3.8) is 0 Å². The van der Waals surface area contributed by atoms with Crippen molar-refractivity contribution in [3.8, 4) is 11.4 Å². The molecule has 0 unspecified atom stereocenters. The van der Waals surface area contributed by atoms with E-state index in [1.807, 2.05) is 6.07 Å². The quantitative estimate of drug-likeness (QED) is 0.746. The normalized spacial score (nSPS) is 10.7. The fourth-order valence-electron chi connectivity index (χ4n) is 2.03. The van der Waals surface area contributed by atoms with E-state index in [1.54, 1.807) is 24.3 Å². The molecule has 1 heterocycles. The Bertz CT molecular complexity index is 741. The molecule has 2 rings (SSSR count). The lowest BCUT2D eigenvalue weighted by atomic mass is 10.3. The molecule has 24 heavy (non-hydrogen) atoms. The molecule has 1 aromatic heterocycles. The van der Waals surface area contributed by atoms with Gasteiger partial charge >= 0.3 is 0 Å². The van der Waals surface area contributed by atoms with E-state index in [0.29, 0.717) is 5.69 Å². The molecule has 0 spiro atoms. The van der Waals surface area contributed by atoms with Crippen LogP contribution in [-0.2, 0) is 9.47 Å². The Morgan fingerprint density at radius 1 is 1.21 bits per heavy atom. The van der Waals surface area contributed by atoms with Crippen molar-refractivity contribution in [1.82, 2.24) is 15.1 Å². The molecule has 0 saturated heterocycles. The third kappa shape index (κ3) is 3.98. The monoisotopic (exact) mass is 333 g/mol. The van der Waals surface area contributed by atoms with Gasteiger partial charge in [-0.3, -0.25) is 9.59 Å². The van der Waals surface area contributed by atoms with Gasteiger partial charge in [-0.1, -0.05) is 18.2 Å². The van der Waals surface area contributed by atoms with Crippen molar-refractivity contribution in [2.45, 2.75) is 6.29 Å². The Balaban J connectivity index is 2.34. The van der Waals surface area contributed by atoms with E-state index in [4.69, 9.17) is 14.2 Å². The largest absolute Gasteiger partial charge is 0.494 e. The second kappa shape index (κ2) is 8.23. The zero-order valence-electron chi connectivity index (χ0n) is 13.7. The minimum Gasteiger partial charge on any atom is -0.494 e. The van der Waals surface area contributed by atoms with E-state index in [2.05, 4.69) is 10.4 Å². The highest BCUT2D eigenvalue weighted by Crippen LogP contribution is 2.14. The predicted molar refractivity (Wildman–Crippen MR) is 86.5 cm³/mol. The molecule has 1 aromatic carbocycles. The van der Waals surface area contributed by atoms with Gasteiger partial charge in [0.2, 0.25) is 0 Å². The number of carbonyl (C=O) groups is 1. The first kappa shape index (κ1) is 17.6. The molecule has 0 aliphatic carbocycles. The van der Waals surface area contributed by atoms with Gasteiger partial charge in [0, 0.05) is 14.2 Å². The van der Waals surface area contributed by atoms with Crippen LogP contribution in [0.5, 0.6) is 5.75 Å². The second-order valence-corrected chi connectivity index (χ2v) is 4.76. The van der Waals surface area contributed by atoms with Crippen LogP contribution >= 0.6 is 0 Å². The SMILES string of the molecule is COc1cc(=O)n(-c2ccccc2)nc1C(=O)NCC(OC)OC. The number of hydrogen-bond acceptors (Lipinski definition) is 6. The number of methoxy groups -OCH3 is 3. The highest BCUT2D eigenvalue weighted by atomic mass is 16.7. The summed E-state index contributed by atoms with van der Waals surface area (Å²) in [6, 6.07) is 10.0. The summed E-state index contributed by atoms with van der Waals surface area (Å²) < 4.78 is 16.3. The lowest BCUT2D eigenvalue weighted by molar-refractivity contribution is -0.0974. The van der Waals surface area contributed by atoms with Crippen LogP contribution in [0.15, 0.2) is 41.2 Å². The highest BCUT2D eigenvalue weighted by molar-refractivity contribution is 5.94. The average molecular weight is 333 g/mol.